The quantitative estimate of drug-likeness (QED) is 0.272. The lowest BCUT2D eigenvalue weighted by molar-refractivity contribution is -0.145. The highest BCUT2D eigenvalue weighted by Crippen LogP contribution is 2.28. The fourth-order valence-corrected chi connectivity index (χ4v) is 4.37. The van der Waals surface area contributed by atoms with Crippen molar-refractivity contribution in [3.05, 3.63) is 42.0 Å². The van der Waals surface area contributed by atoms with Crippen molar-refractivity contribution in [2.75, 3.05) is 18.6 Å². The number of ether oxygens (including phenoxy) is 1. The molecule has 1 rings (SSSR count). The number of nitrogens with one attached hydrogen (secondary N) is 2. The number of rotatable bonds is 15. The molecule has 37 heavy (non-hydrogen) atoms. The predicted octanol–water partition coefficient (Wildman–Crippen LogP) is 5.95. The molecule has 8 heteroatoms. The van der Waals surface area contributed by atoms with E-state index in [-0.39, 0.29) is 17.9 Å². The Morgan fingerprint density at radius 3 is 2.46 bits per heavy atom. The molecule has 3 unspecified atom stereocenters. The topological polar surface area (TPSA) is 87.7 Å². The summed E-state index contributed by atoms with van der Waals surface area (Å²) in [6.45, 7) is 15.8. The van der Waals surface area contributed by atoms with Gasteiger partial charge in [0.15, 0.2) is 0 Å². The molecule has 1 aromatic carbocycles. The first-order valence-corrected chi connectivity index (χ1v) is 14.7. The van der Waals surface area contributed by atoms with Crippen LogP contribution in [0.5, 0.6) is 0 Å². The minimum atomic E-state index is -0.846. The van der Waals surface area contributed by atoms with Crippen molar-refractivity contribution >= 4 is 35.7 Å². The van der Waals surface area contributed by atoms with Crippen LogP contribution in [0.2, 0.25) is 0 Å². The average molecular weight is 534 g/mol. The summed E-state index contributed by atoms with van der Waals surface area (Å²) in [5, 5.41) is 5.83. The molecule has 2 N–H and O–H groups in total. The Kier molecular flexibility index (Phi) is 14.4. The van der Waals surface area contributed by atoms with E-state index in [2.05, 4.69) is 24.1 Å². The Morgan fingerprint density at radius 2 is 1.89 bits per heavy atom. The number of benzene rings is 1. The summed E-state index contributed by atoms with van der Waals surface area (Å²) in [5.74, 6) is 0.138. The minimum Gasteiger partial charge on any atom is -0.444 e. The van der Waals surface area contributed by atoms with E-state index in [1.54, 1.807) is 43.5 Å². The first kappa shape index (κ1) is 32.5. The van der Waals surface area contributed by atoms with Crippen molar-refractivity contribution in [2.24, 2.45) is 0 Å². The van der Waals surface area contributed by atoms with E-state index in [4.69, 9.17) is 4.74 Å². The van der Waals surface area contributed by atoms with Gasteiger partial charge in [-0.1, -0.05) is 57.5 Å². The van der Waals surface area contributed by atoms with Crippen LogP contribution in [0.25, 0.3) is 6.08 Å². The molecule has 0 aliphatic heterocycles. The molecule has 0 aliphatic rings. The smallest absolute Gasteiger partial charge is 0.408 e. The van der Waals surface area contributed by atoms with Crippen LogP contribution in [0.15, 0.2) is 30.8 Å². The van der Waals surface area contributed by atoms with Crippen molar-refractivity contribution in [3.63, 3.8) is 0 Å². The van der Waals surface area contributed by atoms with Gasteiger partial charge < -0.3 is 20.3 Å². The lowest BCUT2D eigenvalue weighted by Crippen LogP contribution is -2.55. The summed E-state index contributed by atoms with van der Waals surface area (Å²) in [4.78, 5) is 42.1. The molecule has 7 nitrogen and oxygen atoms in total. The van der Waals surface area contributed by atoms with Gasteiger partial charge in [0.25, 0.3) is 0 Å². The maximum absolute atomic E-state index is 14.1. The summed E-state index contributed by atoms with van der Waals surface area (Å²) in [6.07, 6.45) is 7.03. The second-order valence-corrected chi connectivity index (χ2v) is 11.2. The number of thioether (sulfide) groups is 1. The van der Waals surface area contributed by atoms with E-state index < -0.39 is 23.8 Å². The third-order valence-electron chi connectivity index (χ3n) is 5.99. The van der Waals surface area contributed by atoms with Crippen molar-refractivity contribution in [2.45, 2.75) is 97.4 Å². The standard InChI is InChI=1S/C29H47N3O4S/c1-9-12-13-18-30-26(33)25(23-16-14-15-22(11-3)20-23)32(21(4)10-2)27(34)24(17-19-37-8)31-28(35)36-29(5,6)7/h11,14-16,20-21,24-25H,3,9-10,12-13,17-19H2,1-2,4-8H3,(H,30,33)(H,31,35). The van der Waals surface area contributed by atoms with Gasteiger partial charge in [-0.2, -0.15) is 11.8 Å². The molecule has 0 spiro atoms. The summed E-state index contributed by atoms with van der Waals surface area (Å²) < 4.78 is 5.45. The first-order chi connectivity index (χ1) is 17.5. The number of carbonyl (C=O) groups is 3. The van der Waals surface area contributed by atoms with Crippen molar-refractivity contribution in [3.8, 4) is 0 Å². The van der Waals surface area contributed by atoms with Crippen molar-refractivity contribution in [1.82, 2.24) is 15.5 Å². The maximum atomic E-state index is 14.1. The van der Waals surface area contributed by atoms with E-state index in [0.29, 0.717) is 30.7 Å². The van der Waals surface area contributed by atoms with Crippen LogP contribution < -0.4 is 10.6 Å². The molecule has 0 heterocycles. The highest BCUT2D eigenvalue weighted by Gasteiger charge is 2.38. The molecule has 3 atom stereocenters. The van der Waals surface area contributed by atoms with E-state index in [0.717, 1.165) is 24.8 Å². The summed E-state index contributed by atoms with van der Waals surface area (Å²) >= 11 is 1.59. The SMILES string of the molecule is C=Cc1cccc(C(C(=O)NCCCCC)N(C(=O)C(CCSC)NC(=O)OC(C)(C)C)C(C)CC)c1. The number of nitrogens with zero attached hydrogens (tertiary/aromatic N) is 1. The molecule has 208 valence electrons. The Labute approximate surface area is 228 Å². The molecule has 0 saturated heterocycles. The van der Waals surface area contributed by atoms with Gasteiger partial charge >= 0.3 is 6.09 Å². The third kappa shape index (κ3) is 11.2. The molecule has 0 radical (unpaired) electrons. The fourth-order valence-electron chi connectivity index (χ4n) is 3.90. The van der Waals surface area contributed by atoms with Gasteiger partial charge in [-0.25, -0.2) is 4.79 Å². The van der Waals surface area contributed by atoms with Crippen LogP contribution >= 0.6 is 11.8 Å². The van der Waals surface area contributed by atoms with Gasteiger partial charge in [0.1, 0.15) is 17.7 Å². The van der Waals surface area contributed by atoms with Crippen molar-refractivity contribution < 1.29 is 19.1 Å². The van der Waals surface area contributed by atoms with Crippen LogP contribution in [0.4, 0.5) is 4.79 Å². The number of carbonyl (C=O) groups excluding carboxylic acids is 3. The van der Waals surface area contributed by atoms with Gasteiger partial charge in [0, 0.05) is 12.6 Å². The van der Waals surface area contributed by atoms with E-state index in [9.17, 15) is 14.4 Å². The van der Waals surface area contributed by atoms with Crippen LogP contribution in [0.1, 0.15) is 90.8 Å². The van der Waals surface area contributed by atoms with E-state index in [1.165, 1.54) is 0 Å². The molecule has 1 aromatic rings. The third-order valence-corrected chi connectivity index (χ3v) is 6.63. The minimum absolute atomic E-state index is 0.230. The fraction of sp³-hybridized carbons (Fsp3) is 0.621. The molecular formula is C29H47N3O4S. The van der Waals surface area contributed by atoms with Gasteiger partial charge in [-0.05, 0) is 76.2 Å². The summed E-state index contributed by atoms with van der Waals surface area (Å²) in [5.41, 5.74) is 0.878. The van der Waals surface area contributed by atoms with Crippen LogP contribution in [-0.2, 0) is 14.3 Å². The molecular weight excluding hydrogens is 486 g/mol. The lowest BCUT2D eigenvalue weighted by Gasteiger charge is -2.38. The highest BCUT2D eigenvalue weighted by atomic mass is 32.2. The van der Waals surface area contributed by atoms with Gasteiger partial charge in [0.05, 0.1) is 0 Å². The number of amides is 3. The van der Waals surface area contributed by atoms with Crippen LogP contribution in [0.3, 0.4) is 0 Å². The summed E-state index contributed by atoms with van der Waals surface area (Å²) in [6, 6.07) is 5.62. The Balaban J connectivity index is 3.48. The number of alkyl carbamates (subject to hydrolysis) is 1. The second kappa shape index (κ2) is 16.4. The molecule has 0 aromatic heterocycles. The van der Waals surface area contributed by atoms with Crippen LogP contribution in [0, 0.1) is 0 Å². The zero-order valence-electron chi connectivity index (χ0n) is 23.8. The zero-order chi connectivity index (χ0) is 28.0. The molecule has 3 amide bonds. The molecule has 0 bridgehead atoms. The predicted molar refractivity (Wildman–Crippen MR) is 155 cm³/mol. The zero-order valence-corrected chi connectivity index (χ0v) is 24.6. The Morgan fingerprint density at radius 1 is 1.19 bits per heavy atom. The molecule has 0 aliphatic carbocycles. The van der Waals surface area contributed by atoms with Crippen LogP contribution in [-0.4, -0.2) is 59.0 Å². The van der Waals surface area contributed by atoms with Crippen molar-refractivity contribution in [1.29, 1.82) is 0 Å². The largest absolute Gasteiger partial charge is 0.444 e. The lowest BCUT2D eigenvalue weighted by atomic mass is 9.97. The number of hydrogen-bond donors (Lipinski definition) is 2. The monoisotopic (exact) mass is 533 g/mol. The van der Waals surface area contributed by atoms with E-state index in [1.807, 2.05) is 44.4 Å². The van der Waals surface area contributed by atoms with Gasteiger partial charge in [-0.3, -0.25) is 9.59 Å². The Bertz CT molecular complexity index is 884. The maximum Gasteiger partial charge on any atom is 0.408 e. The molecule has 0 fully saturated rings. The summed E-state index contributed by atoms with van der Waals surface area (Å²) in [7, 11) is 0. The van der Waals surface area contributed by atoms with E-state index >= 15 is 0 Å². The Hall–Kier alpha value is -2.48. The number of hydrogen-bond acceptors (Lipinski definition) is 5. The first-order valence-electron chi connectivity index (χ1n) is 13.3. The normalized spacial score (nSPS) is 13.7. The van der Waals surface area contributed by atoms with Gasteiger partial charge in [-0.15, -0.1) is 0 Å². The van der Waals surface area contributed by atoms with Gasteiger partial charge in [0.2, 0.25) is 11.8 Å². The number of unbranched alkanes of at least 4 members (excludes halogenated alkanes) is 2. The average Bonchev–Trinajstić information content (AvgIpc) is 2.85. The highest BCUT2D eigenvalue weighted by molar-refractivity contribution is 7.98. The second-order valence-electron chi connectivity index (χ2n) is 10.3. The molecule has 0 saturated carbocycles.